The molecule has 26 heavy (non-hydrogen) atoms. The van der Waals surface area contributed by atoms with E-state index in [2.05, 4.69) is 10.0 Å². The summed E-state index contributed by atoms with van der Waals surface area (Å²) in [6.07, 6.45) is 1.78. The summed E-state index contributed by atoms with van der Waals surface area (Å²) in [5.74, 6) is -0.0503. The van der Waals surface area contributed by atoms with Crippen LogP contribution in [0.4, 0.5) is 5.69 Å². The van der Waals surface area contributed by atoms with Gasteiger partial charge in [0.25, 0.3) is 0 Å². The highest BCUT2D eigenvalue weighted by Crippen LogP contribution is 2.28. The molecule has 0 saturated carbocycles. The Morgan fingerprint density at radius 2 is 1.85 bits per heavy atom. The molecule has 1 aliphatic heterocycles. The number of nitrogens with one attached hydrogen (secondary N) is 2. The number of fused-ring (bicyclic) bond motifs is 1. The van der Waals surface area contributed by atoms with Crippen LogP contribution in [-0.2, 0) is 21.2 Å². The third kappa shape index (κ3) is 4.20. The van der Waals surface area contributed by atoms with Crippen molar-refractivity contribution >= 4 is 44.8 Å². The first-order chi connectivity index (χ1) is 12.3. The average Bonchev–Trinajstić information content (AvgIpc) is 2.76. The van der Waals surface area contributed by atoms with Crippen molar-refractivity contribution in [2.45, 2.75) is 37.1 Å². The molecular weight excluding hydrogens is 395 g/mol. The van der Waals surface area contributed by atoms with Crippen LogP contribution in [0.15, 0.2) is 41.3 Å². The van der Waals surface area contributed by atoms with Crippen LogP contribution in [0.1, 0.15) is 36.9 Å². The topological polar surface area (TPSA) is 75.3 Å². The van der Waals surface area contributed by atoms with Gasteiger partial charge >= 0.3 is 0 Å². The summed E-state index contributed by atoms with van der Waals surface area (Å²) in [4.78, 5) is 11.8. The van der Waals surface area contributed by atoms with Gasteiger partial charge in [-0.25, -0.2) is 13.1 Å². The SMILES string of the molecule is C[C@H](NS(=O)(=O)c1ccc2c(c1)CCCC(=O)N2)c1ccc(Cl)c(Cl)c1. The van der Waals surface area contributed by atoms with E-state index in [9.17, 15) is 13.2 Å². The number of anilines is 1. The molecular formula is C18H18Cl2N2O3S. The molecule has 2 aromatic rings. The third-order valence-electron chi connectivity index (χ3n) is 4.29. The van der Waals surface area contributed by atoms with Gasteiger partial charge in [0.2, 0.25) is 15.9 Å². The quantitative estimate of drug-likeness (QED) is 0.785. The third-order valence-corrected chi connectivity index (χ3v) is 6.56. The molecule has 1 aliphatic rings. The Bertz CT molecular complexity index is 961. The van der Waals surface area contributed by atoms with E-state index in [1.54, 1.807) is 37.3 Å². The molecule has 5 nitrogen and oxygen atoms in total. The number of rotatable bonds is 4. The number of carbonyl (C=O) groups excluding carboxylic acids is 1. The van der Waals surface area contributed by atoms with E-state index >= 15 is 0 Å². The molecule has 0 radical (unpaired) electrons. The lowest BCUT2D eigenvalue weighted by Gasteiger charge is -2.16. The van der Waals surface area contributed by atoms with Crippen LogP contribution < -0.4 is 10.0 Å². The van der Waals surface area contributed by atoms with Crippen molar-refractivity contribution in [1.29, 1.82) is 0 Å². The predicted molar refractivity (Wildman–Crippen MR) is 103 cm³/mol. The highest BCUT2D eigenvalue weighted by molar-refractivity contribution is 7.89. The molecule has 0 aromatic heterocycles. The van der Waals surface area contributed by atoms with Gasteiger partial charge in [-0.05, 0) is 61.2 Å². The normalized spacial score (nSPS) is 15.7. The first-order valence-corrected chi connectivity index (χ1v) is 10.4. The lowest BCUT2D eigenvalue weighted by atomic mass is 10.1. The second kappa shape index (κ2) is 7.56. The van der Waals surface area contributed by atoms with Gasteiger partial charge in [0.15, 0.2) is 0 Å². The van der Waals surface area contributed by atoms with Crippen LogP contribution in [0.3, 0.4) is 0 Å². The fourth-order valence-electron chi connectivity index (χ4n) is 2.87. The Kier molecular flexibility index (Phi) is 5.58. The first kappa shape index (κ1) is 19.2. The number of amides is 1. The summed E-state index contributed by atoms with van der Waals surface area (Å²) in [5.41, 5.74) is 2.20. The van der Waals surface area contributed by atoms with Gasteiger partial charge in [0.05, 0.1) is 14.9 Å². The highest BCUT2D eigenvalue weighted by Gasteiger charge is 2.21. The number of halogens is 2. The summed E-state index contributed by atoms with van der Waals surface area (Å²) < 4.78 is 28.1. The Balaban J connectivity index is 1.85. The molecule has 0 unspecified atom stereocenters. The lowest BCUT2D eigenvalue weighted by molar-refractivity contribution is -0.116. The Labute approximate surface area is 162 Å². The van der Waals surface area contributed by atoms with E-state index in [4.69, 9.17) is 23.2 Å². The van der Waals surface area contributed by atoms with Crippen molar-refractivity contribution in [1.82, 2.24) is 4.72 Å². The lowest BCUT2D eigenvalue weighted by Crippen LogP contribution is -2.27. The zero-order valence-corrected chi connectivity index (χ0v) is 16.4. The van der Waals surface area contributed by atoms with Gasteiger partial charge in [-0.2, -0.15) is 0 Å². The summed E-state index contributed by atoms with van der Waals surface area (Å²) in [5, 5.41) is 3.58. The fraction of sp³-hybridized carbons (Fsp3) is 0.278. The molecule has 1 atom stereocenters. The van der Waals surface area contributed by atoms with Gasteiger partial charge in [-0.15, -0.1) is 0 Å². The van der Waals surface area contributed by atoms with Gasteiger partial charge in [-0.3, -0.25) is 4.79 Å². The number of carbonyl (C=O) groups is 1. The molecule has 0 spiro atoms. The van der Waals surface area contributed by atoms with E-state index in [1.807, 2.05) is 0 Å². The minimum Gasteiger partial charge on any atom is -0.326 e. The summed E-state index contributed by atoms with van der Waals surface area (Å²) in [6, 6.07) is 9.27. The second-order valence-electron chi connectivity index (χ2n) is 6.24. The van der Waals surface area contributed by atoms with E-state index in [-0.39, 0.29) is 10.8 Å². The van der Waals surface area contributed by atoms with Crippen molar-refractivity contribution in [3.05, 3.63) is 57.6 Å². The van der Waals surface area contributed by atoms with Gasteiger partial charge < -0.3 is 5.32 Å². The van der Waals surface area contributed by atoms with E-state index in [0.29, 0.717) is 40.6 Å². The second-order valence-corrected chi connectivity index (χ2v) is 8.77. The number of hydrogen-bond donors (Lipinski definition) is 2. The molecule has 2 aromatic carbocycles. The monoisotopic (exact) mass is 412 g/mol. The molecule has 1 heterocycles. The molecule has 2 N–H and O–H groups in total. The van der Waals surface area contributed by atoms with E-state index in [0.717, 1.165) is 5.56 Å². The van der Waals surface area contributed by atoms with Gasteiger partial charge in [0, 0.05) is 18.2 Å². The van der Waals surface area contributed by atoms with Crippen molar-refractivity contribution in [3.8, 4) is 0 Å². The first-order valence-electron chi connectivity index (χ1n) is 8.16. The van der Waals surface area contributed by atoms with Crippen LogP contribution in [-0.4, -0.2) is 14.3 Å². The van der Waals surface area contributed by atoms with Crippen molar-refractivity contribution in [2.24, 2.45) is 0 Å². The summed E-state index contributed by atoms with van der Waals surface area (Å²) in [7, 11) is -3.73. The minimum absolute atomic E-state index is 0.0503. The highest BCUT2D eigenvalue weighted by atomic mass is 35.5. The predicted octanol–water partition coefficient (Wildman–Crippen LogP) is 4.31. The maximum atomic E-state index is 12.7. The summed E-state index contributed by atoms with van der Waals surface area (Å²) >= 11 is 11.9. The molecule has 0 fully saturated rings. The van der Waals surface area contributed by atoms with Crippen LogP contribution >= 0.6 is 23.2 Å². The summed E-state index contributed by atoms with van der Waals surface area (Å²) in [6.45, 7) is 1.74. The van der Waals surface area contributed by atoms with E-state index in [1.165, 1.54) is 6.07 Å². The van der Waals surface area contributed by atoms with Crippen molar-refractivity contribution < 1.29 is 13.2 Å². The standard InChI is InChI=1S/C18H18Cl2N2O3S/c1-11(12-5-7-15(19)16(20)10-12)22-26(24,25)14-6-8-17-13(9-14)3-2-4-18(23)21-17/h5-11,22H,2-4H2,1H3,(H,21,23)/t11-/m0/s1. The molecule has 1 amide bonds. The minimum atomic E-state index is -3.73. The maximum absolute atomic E-state index is 12.7. The van der Waals surface area contributed by atoms with Crippen LogP contribution in [0.5, 0.6) is 0 Å². The average molecular weight is 413 g/mol. The smallest absolute Gasteiger partial charge is 0.241 e. The zero-order valence-electron chi connectivity index (χ0n) is 14.1. The van der Waals surface area contributed by atoms with Crippen molar-refractivity contribution in [3.63, 3.8) is 0 Å². The van der Waals surface area contributed by atoms with Crippen LogP contribution in [0, 0.1) is 0 Å². The van der Waals surface area contributed by atoms with Crippen LogP contribution in [0.2, 0.25) is 10.0 Å². The number of hydrogen-bond acceptors (Lipinski definition) is 3. The Morgan fingerprint density at radius 3 is 2.58 bits per heavy atom. The molecule has 0 saturated heterocycles. The number of benzene rings is 2. The Morgan fingerprint density at radius 1 is 1.08 bits per heavy atom. The number of sulfonamides is 1. The molecule has 3 rings (SSSR count). The Hall–Kier alpha value is -1.60. The fourth-order valence-corrected chi connectivity index (χ4v) is 4.46. The largest absolute Gasteiger partial charge is 0.326 e. The molecule has 0 bridgehead atoms. The van der Waals surface area contributed by atoms with Crippen molar-refractivity contribution in [2.75, 3.05) is 5.32 Å². The molecule has 8 heteroatoms. The zero-order chi connectivity index (χ0) is 18.9. The molecule has 0 aliphatic carbocycles. The van der Waals surface area contributed by atoms with Gasteiger partial charge in [0.1, 0.15) is 0 Å². The van der Waals surface area contributed by atoms with E-state index < -0.39 is 16.1 Å². The molecule has 138 valence electrons. The maximum Gasteiger partial charge on any atom is 0.241 e. The number of aryl methyl sites for hydroxylation is 1. The van der Waals surface area contributed by atoms with Crippen LogP contribution in [0.25, 0.3) is 0 Å². The van der Waals surface area contributed by atoms with Gasteiger partial charge in [-0.1, -0.05) is 29.3 Å².